The first-order valence-corrected chi connectivity index (χ1v) is 11.3. The molecule has 0 saturated heterocycles. The quantitative estimate of drug-likeness (QED) is 0.667. The Hall–Kier alpha value is -2.14. The predicted molar refractivity (Wildman–Crippen MR) is 102 cm³/mol. The SMILES string of the molecule is CC[C@@H]1C[C@H](C2(S(N)(=O)=O)CC(F)(F)C2)C[C@@H]1c1nnc2cnc3[nH]ccc3n12. The molecule has 0 radical (unpaired) electrons. The van der Waals surface area contributed by atoms with Gasteiger partial charge in [-0.3, -0.25) is 4.40 Å². The summed E-state index contributed by atoms with van der Waals surface area (Å²) in [6.45, 7) is 2.02. The highest BCUT2D eigenvalue weighted by Gasteiger charge is 2.67. The maximum absolute atomic E-state index is 13.8. The number of nitrogens with zero attached hydrogens (tertiary/aromatic N) is 4. The number of fused-ring (bicyclic) bond motifs is 3. The Bertz CT molecular complexity index is 1200. The summed E-state index contributed by atoms with van der Waals surface area (Å²) in [6, 6.07) is 1.88. The molecule has 0 aromatic carbocycles. The molecule has 2 aliphatic rings. The molecule has 0 unspecified atom stereocenters. The van der Waals surface area contributed by atoms with Crippen LogP contribution in [0.15, 0.2) is 18.5 Å². The fourth-order valence-corrected chi connectivity index (χ4v) is 6.99. The van der Waals surface area contributed by atoms with E-state index in [0.717, 1.165) is 17.8 Å². The Morgan fingerprint density at radius 1 is 1.31 bits per heavy atom. The normalized spacial score (nSPS) is 28.8. The van der Waals surface area contributed by atoms with Gasteiger partial charge in [-0.25, -0.2) is 27.3 Å². The van der Waals surface area contributed by atoms with E-state index in [4.69, 9.17) is 5.14 Å². The van der Waals surface area contributed by atoms with Gasteiger partial charge in [0, 0.05) is 25.0 Å². The summed E-state index contributed by atoms with van der Waals surface area (Å²) in [5, 5.41) is 14.1. The van der Waals surface area contributed by atoms with E-state index < -0.39 is 39.5 Å². The number of sulfonamides is 1. The molecule has 2 fully saturated rings. The van der Waals surface area contributed by atoms with Crippen LogP contribution < -0.4 is 5.14 Å². The number of hydrogen-bond donors (Lipinski definition) is 2. The number of nitrogens with two attached hydrogens (primary N) is 1. The van der Waals surface area contributed by atoms with E-state index >= 15 is 0 Å². The van der Waals surface area contributed by atoms with Crippen LogP contribution in [0.25, 0.3) is 16.8 Å². The highest BCUT2D eigenvalue weighted by atomic mass is 32.2. The largest absolute Gasteiger partial charge is 0.345 e. The number of alkyl halides is 2. The zero-order valence-electron chi connectivity index (χ0n) is 15.8. The molecule has 0 aliphatic heterocycles. The van der Waals surface area contributed by atoms with Crippen molar-refractivity contribution < 1.29 is 17.2 Å². The van der Waals surface area contributed by atoms with Crippen molar-refractivity contribution in [1.29, 1.82) is 0 Å². The summed E-state index contributed by atoms with van der Waals surface area (Å²) in [7, 11) is -4.11. The van der Waals surface area contributed by atoms with Crippen LogP contribution in [0.2, 0.25) is 0 Å². The minimum Gasteiger partial charge on any atom is -0.345 e. The molecule has 0 amide bonds. The van der Waals surface area contributed by atoms with Crippen molar-refractivity contribution >= 4 is 26.8 Å². The average molecular weight is 424 g/mol. The van der Waals surface area contributed by atoms with Gasteiger partial charge in [0.25, 0.3) is 5.92 Å². The Labute approximate surface area is 166 Å². The molecule has 0 spiro atoms. The van der Waals surface area contributed by atoms with Crippen molar-refractivity contribution in [3.8, 4) is 0 Å². The number of halogens is 2. The minimum absolute atomic E-state index is 0.0895. The van der Waals surface area contributed by atoms with Gasteiger partial charge in [-0.15, -0.1) is 10.2 Å². The van der Waals surface area contributed by atoms with Gasteiger partial charge < -0.3 is 4.98 Å². The highest BCUT2D eigenvalue weighted by Crippen LogP contribution is 2.60. The van der Waals surface area contributed by atoms with Crippen LogP contribution in [0.4, 0.5) is 8.78 Å². The fraction of sp³-hybridized carbons (Fsp3) is 0.611. The predicted octanol–water partition coefficient (Wildman–Crippen LogP) is 2.58. The first kappa shape index (κ1) is 18.9. The van der Waals surface area contributed by atoms with Crippen LogP contribution in [0, 0.1) is 11.8 Å². The van der Waals surface area contributed by atoms with Crippen LogP contribution in [0.5, 0.6) is 0 Å². The van der Waals surface area contributed by atoms with E-state index in [9.17, 15) is 17.2 Å². The van der Waals surface area contributed by atoms with Gasteiger partial charge in [0.1, 0.15) is 10.6 Å². The van der Waals surface area contributed by atoms with E-state index in [1.54, 1.807) is 12.4 Å². The first-order valence-electron chi connectivity index (χ1n) is 9.72. The average Bonchev–Trinajstić information content (AvgIpc) is 3.33. The molecule has 11 heteroatoms. The molecule has 2 aliphatic carbocycles. The van der Waals surface area contributed by atoms with Gasteiger partial charge in [0.05, 0.1) is 11.7 Å². The molecular formula is C18H22F2N6O2S. The number of nitrogens with one attached hydrogen (secondary N) is 1. The van der Waals surface area contributed by atoms with Gasteiger partial charge >= 0.3 is 0 Å². The Kier molecular flexibility index (Phi) is 3.86. The zero-order chi connectivity index (χ0) is 20.6. The third-order valence-corrected chi connectivity index (χ3v) is 8.70. The molecule has 3 aromatic rings. The number of H-pyrrole nitrogens is 1. The second kappa shape index (κ2) is 5.94. The zero-order valence-corrected chi connectivity index (χ0v) is 16.7. The van der Waals surface area contributed by atoms with E-state index in [1.807, 2.05) is 17.4 Å². The first-order chi connectivity index (χ1) is 13.7. The summed E-state index contributed by atoms with van der Waals surface area (Å²) in [5.74, 6) is -2.66. The van der Waals surface area contributed by atoms with E-state index in [2.05, 4.69) is 20.2 Å². The number of aromatic nitrogens is 5. The third kappa shape index (κ3) is 2.63. The van der Waals surface area contributed by atoms with E-state index in [0.29, 0.717) is 24.1 Å². The fourth-order valence-electron chi connectivity index (χ4n) is 5.51. The van der Waals surface area contributed by atoms with Gasteiger partial charge in [-0.1, -0.05) is 13.3 Å². The molecular weight excluding hydrogens is 402 g/mol. The second-order valence-corrected chi connectivity index (χ2v) is 10.4. The summed E-state index contributed by atoms with van der Waals surface area (Å²) in [6.07, 6.45) is 3.78. The van der Waals surface area contributed by atoms with Crippen LogP contribution >= 0.6 is 0 Å². The molecule has 3 aromatic heterocycles. The number of hydrogen-bond acceptors (Lipinski definition) is 5. The van der Waals surface area contributed by atoms with Crippen molar-refractivity contribution in [2.75, 3.05) is 0 Å². The van der Waals surface area contributed by atoms with E-state index in [-0.39, 0.29) is 11.8 Å². The molecule has 3 heterocycles. The third-order valence-electron chi connectivity index (χ3n) is 6.94. The van der Waals surface area contributed by atoms with Crippen LogP contribution in [-0.4, -0.2) is 43.7 Å². The van der Waals surface area contributed by atoms with Crippen molar-refractivity contribution in [2.45, 2.75) is 55.6 Å². The van der Waals surface area contributed by atoms with Crippen LogP contribution in [0.1, 0.15) is 50.8 Å². The monoisotopic (exact) mass is 424 g/mol. The molecule has 5 rings (SSSR count). The van der Waals surface area contributed by atoms with Crippen molar-refractivity contribution in [1.82, 2.24) is 24.6 Å². The Morgan fingerprint density at radius 3 is 2.72 bits per heavy atom. The van der Waals surface area contributed by atoms with Gasteiger partial charge in [0.2, 0.25) is 10.0 Å². The maximum atomic E-state index is 13.8. The van der Waals surface area contributed by atoms with E-state index in [1.165, 1.54) is 0 Å². The van der Waals surface area contributed by atoms with Gasteiger partial charge in [-0.05, 0) is 30.7 Å². The molecule has 29 heavy (non-hydrogen) atoms. The standard InChI is InChI=1S/C18H22F2N6O2S/c1-2-10-5-11(17(29(21,27)28)8-18(19,20)9-17)6-12(10)16-25-24-14-7-23-15-13(26(14)16)3-4-22-15/h3-4,7,10-12,22H,2,5-6,8-9H2,1H3,(H2,21,27,28)/t10-,11+,12+/m1/s1. The summed E-state index contributed by atoms with van der Waals surface area (Å²) < 4.78 is 52.6. The van der Waals surface area contributed by atoms with Crippen molar-refractivity contribution in [3.05, 3.63) is 24.3 Å². The molecule has 3 N–H and O–H groups in total. The molecule has 156 valence electrons. The maximum Gasteiger partial charge on any atom is 0.251 e. The summed E-state index contributed by atoms with van der Waals surface area (Å²) >= 11 is 0. The lowest BCUT2D eigenvalue weighted by Gasteiger charge is -2.49. The Balaban J connectivity index is 1.57. The highest BCUT2D eigenvalue weighted by molar-refractivity contribution is 7.90. The molecule has 2 saturated carbocycles. The number of aromatic amines is 1. The minimum atomic E-state index is -4.11. The van der Waals surface area contributed by atoms with Gasteiger partial charge in [0.15, 0.2) is 11.3 Å². The summed E-state index contributed by atoms with van der Waals surface area (Å²) in [5.41, 5.74) is 2.12. The van der Waals surface area contributed by atoms with Gasteiger partial charge in [-0.2, -0.15) is 0 Å². The van der Waals surface area contributed by atoms with Crippen molar-refractivity contribution in [2.24, 2.45) is 17.0 Å². The number of primary sulfonamides is 1. The summed E-state index contributed by atoms with van der Waals surface area (Å²) in [4.78, 5) is 7.37. The number of rotatable bonds is 4. The molecule has 8 nitrogen and oxygen atoms in total. The Morgan fingerprint density at radius 2 is 2.07 bits per heavy atom. The van der Waals surface area contributed by atoms with Crippen LogP contribution in [0.3, 0.4) is 0 Å². The lowest BCUT2D eigenvalue weighted by Crippen LogP contribution is -2.62. The van der Waals surface area contributed by atoms with Crippen molar-refractivity contribution in [3.63, 3.8) is 0 Å². The lowest BCUT2D eigenvalue weighted by molar-refractivity contribution is -0.112. The molecule has 3 atom stereocenters. The topological polar surface area (TPSA) is 119 Å². The van der Waals surface area contributed by atoms with Crippen LogP contribution in [-0.2, 0) is 10.0 Å². The smallest absolute Gasteiger partial charge is 0.251 e. The second-order valence-electron chi connectivity index (χ2n) is 8.48. The lowest BCUT2D eigenvalue weighted by atomic mass is 9.71. The molecule has 0 bridgehead atoms.